The van der Waals surface area contributed by atoms with Crippen LogP contribution in [0.2, 0.25) is 0 Å². The molecule has 5 heteroatoms. The van der Waals surface area contributed by atoms with Crippen molar-refractivity contribution in [2.75, 3.05) is 0 Å². The van der Waals surface area contributed by atoms with Gasteiger partial charge in [0.1, 0.15) is 0 Å². The molecule has 0 aliphatic carbocycles. The molecule has 1 aromatic heterocycles. The summed E-state index contributed by atoms with van der Waals surface area (Å²) in [4.78, 5) is 16.8. The highest BCUT2D eigenvalue weighted by molar-refractivity contribution is 9.10. The summed E-state index contributed by atoms with van der Waals surface area (Å²) in [5.74, 6) is 0. The predicted molar refractivity (Wildman–Crippen MR) is 86.9 cm³/mol. The Labute approximate surface area is 132 Å². The van der Waals surface area contributed by atoms with Gasteiger partial charge in [-0.3, -0.25) is 9.36 Å². The summed E-state index contributed by atoms with van der Waals surface area (Å²) in [7, 11) is 0. The second kappa shape index (κ2) is 5.50. The van der Waals surface area contributed by atoms with Gasteiger partial charge in [0.25, 0.3) is 5.56 Å². The molecule has 0 spiro atoms. The highest BCUT2D eigenvalue weighted by Crippen LogP contribution is 2.18. The van der Waals surface area contributed by atoms with E-state index in [-0.39, 0.29) is 5.56 Å². The zero-order chi connectivity index (χ0) is 14.1. The number of hydrogen-bond donors (Lipinski definition) is 0. The van der Waals surface area contributed by atoms with Crippen LogP contribution < -0.4 is 5.56 Å². The maximum absolute atomic E-state index is 12.4. The molecule has 0 atom stereocenters. The van der Waals surface area contributed by atoms with Gasteiger partial charge < -0.3 is 0 Å². The lowest BCUT2D eigenvalue weighted by atomic mass is 10.2. The summed E-state index contributed by atoms with van der Waals surface area (Å²) in [6.45, 7) is 0.499. The molecule has 20 heavy (non-hydrogen) atoms. The largest absolute Gasteiger partial charge is 0.294 e. The molecule has 0 aliphatic heterocycles. The summed E-state index contributed by atoms with van der Waals surface area (Å²) >= 11 is 6.88. The fourth-order valence-electron chi connectivity index (χ4n) is 2.05. The number of halogens is 2. The van der Waals surface area contributed by atoms with Crippen LogP contribution in [-0.2, 0) is 6.54 Å². The molecule has 100 valence electrons. The van der Waals surface area contributed by atoms with Crippen LogP contribution in [0, 0.1) is 0 Å². The average molecular weight is 394 g/mol. The molecule has 1 heterocycles. The van der Waals surface area contributed by atoms with Gasteiger partial charge in [-0.15, -0.1) is 0 Å². The SMILES string of the molecule is O=c1c2ccc(Br)cc2ncn1Cc1ccccc1Br. The molecule has 3 aromatic rings. The summed E-state index contributed by atoms with van der Waals surface area (Å²) in [5, 5.41) is 0.628. The normalized spacial score (nSPS) is 10.9. The van der Waals surface area contributed by atoms with Crippen molar-refractivity contribution in [3.05, 3.63) is 73.7 Å². The van der Waals surface area contributed by atoms with Gasteiger partial charge in [0.2, 0.25) is 0 Å². The molecule has 0 radical (unpaired) electrons. The molecule has 0 fully saturated rings. The lowest BCUT2D eigenvalue weighted by molar-refractivity contribution is 0.746. The van der Waals surface area contributed by atoms with Crippen LogP contribution >= 0.6 is 31.9 Å². The highest BCUT2D eigenvalue weighted by atomic mass is 79.9. The van der Waals surface area contributed by atoms with Gasteiger partial charge in [-0.05, 0) is 29.8 Å². The van der Waals surface area contributed by atoms with Crippen LogP contribution in [0.5, 0.6) is 0 Å². The maximum atomic E-state index is 12.4. The average Bonchev–Trinajstić information content (AvgIpc) is 2.44. The van der Waals surface area contributed by atoms with E-state index < -0.39 is 0 Å². The summed E-state index contributed by atoms with van der Waals surface area (Å²) < 4.78 is 3.53. The second-order valence-electron chi connectivity index (χ2n) is 4.43. The van der Waals surface area contributed by atoms with Gasteiger partial charge in [-0.2, -0.15) is 0 Å². The molecule has 3 nitrogen and oxygen atoms in total. The van der Waals surface area contributed by atoms with E-state index in [1.807, 2.05) is 36.4 Å². The Hall–Kier alpha value is -1.46. The van der Waals surface area contributed by atoms with Gasteiger partial charge >= 0.3 is 0 Å². The van der Waals surface area contributed by atoms with Crippen LogP contribution in [0.4, 0.5) is 0 Å². The fraction of sp³-hybridized carbons (Fsp3) is 0.0667. The van der Waals surface area contributed by atoms with Crippen molar-refractivity contribution in [2.24, 2.45) is 0 Å². The molecule has 0 amide bonds. The molecule has 2 aromatic carbocycles. The maximum Gasteiger partial charge on any atom is 0.261 e. The monoisotopic (exact) mass is 392 g/mol. The minimum atomic E-state index is -0.0294. The first-order valence-corrected chi connectivity index (χ1v) is 7.62. The third-order valence-electron chi connectivity index (χ3n) is 3.09. The van der Waals surface area contributed by atoms with Crippen molar-refractivity contribution in [2.45, 2.75) is 6.54 Å². The first kappa shape index (κ1) is 13.5. The van der Waals surface area contributed by atoms with Crippen LogP contribution in [0.25, 0.3) is 10.9 Å². The number of aromatic nitrogens is 2. The van der Waals surface area contributed by atoms with Gasteiger partial charge in [-0.1, -0.05) is 50.1 Å². The Balaban J connectivity index is 2.09. The van der Waals surface area contributed by atoms with Crippen LogP contribution in [-0.4, -0.2) is 9.55 Å². The Morgan fingerprint density at radius 3 is 2.70 bits per heavy atom. The standard InChI is InChI=1S/C15H10Br2N2O/c16-11-5-6-12-14(7-11)18-9-19(15(12)20)8-10-3-1-2-4-13(10)17/h1-7,9H,8H2. The van der Waals surface area contributed by atoms with Gasteiger partial charge in [0.05, 0.1) is 23.8 Å². The Morgan fingerprint density at radius 1 is 1.10 bits per heavy atom. The summed E-state index contributed by atoms with van der Waals surface area (Å²) in [5.41, 5.74) is 1.72. The summed E-state index contributed by atoms with van der Waals surface area (Å²) in [6, 6.07) is 13.4. The second-order valence-corrected chi connectivity index (χ2v) is 6.20. The molecule has 0 saturated carbocycles. The lowest BCUT2D eigenvalue weighted by Gasteiger charge is -2.08. The molecule has 3 rings (SSSR count). The topological polar surface area (TPSA) is 34.9 Å². The Kier molecular flexibility index (Phi) is 3.72. The number of benzene rings is 2. The van der Waals surface area contributed by atoms with Crippen molar-refractivity contribution in [3.63, 3.8) is 0 Å². The zero-order valence-corrected chi connectivity index (χ0v) is 13.6. The van der Waals surface area contributed by atoms with E-state index in [2.05, 4.69) is 36.8 Å². The first-order valence-electron chi connectivity index (χ1n) is 6.03. The summed E-state index contributed by atoms with van der Waals surface area (Å²) in [6.07, 6.45) is 1.59. The molecule has 0 saturated heterocycles. The highest BCUT2D eigenvalue weighted by Gasteiger charge is 2.06. The van der Waals surface area contributed by atoms with Crippen molar-refractivity contribution >= 4 is 42.8 Å². The van der Waals surface area contributed by atoms with Crippen LogP contribution in [0.1, 0.15) is 5.56 Å². The molecule has 0 unspecified atom stereocenters. The lowest BCUT2D eigenvalue weighted by Crippen LogP contribution is -2.21. The van der Waals surface area contributed by atoms with Crippen LogP contribution in [0.15, 0.2) is 62.5 Å². The third kappa shape index (κ3) is 2.55. The number of nitrogens with zero attached hydrogens (tertiary/aromatic N) is 2. The molecule has 0 bridgehead atoms. The third-order valence-corrected chi connectivity index (χ3v) is 4.35. The number of rotatable bonds is 2. The van der Waals surface area contributed by atoms with Gasteiger partial charge in [-0.25, -0.2) is 4.98 Å². The Bertz CT molecular complexity index is 843. The van der Waals surface area contributed by atoms with Crippen molar-refractivity contribution < 1.29 is 0 Å². The first-order chi connectivity index (χ1) is 9.65. The van der Waals surface area contributed by atoms with Gasteiger partial charge in [0, 0.05) is 8.95 Å². The van der Waals surface area contributed by atoms with Crippen molar-refractivity contribution in [1.82, 2.24) is 9.55 Å². The quantitative estimate of drug-likeness (QED) is 0.660. The zero-order valence-electron chi connectivity index (χ0n) is 10.4. The van der Waals surface area contributed by atoms with E-state index in [0.29, 0.717) is 17.4 Å². The van der Waals surface area contributed by atoms with Gasteiger partial charge in [0.15, 0.2) is 0 Å². The minimum absolute atomic E-state index is 0.0294. The smallest absolute Gasteiger partial charge is 0.261 e. The van der Waals surface area contributed by atoms with E-state index in [1.165, 1.54) is 0 Å². The van der Waals surface area contributed by atoms with E-state index in [1.54, 1.807) is 17.0 Å². The molecule has 0 N–H and O–H groups in total. The van der Waals surface area contributed by atoms with E-state index in [9.17, 15) is 4.79 Å². The molecule has 0 aliphatic rings. The predicted octanol–water partition coefficient (Wildman–Crippen LogP) is 3.97. The molecular weight excluding hydrogens is 384 g/mol. The van der Waals surface area contributed by atoms with E-state index in [4.69, 9.17) is 0 Å². The van der Waals surface area contributed by atoms with Crippen molar-refractivity contribution in [1.29, 1.82) is 0 Å². The fourth-order valence-corrected chi connectivity index (χ4v) is 2.81. The number of hydrogen-bond acceptors (Lipinski definition) is 2. The van der Waals surface area contributed by atoms with E-state index in [0.717, 1.165) is 14.5 Å². The van der Waals surface area contributed by atoms with Crippen molar-refractivity contribution in [3.8, 4) is 0 Å². The number of fused-ring (bicyclic) bond motifs is 1. The van der Waals surface area contributed by atoms with Crippen LogP contribution in [0.3, 0.4) is 0 Å². The Morgan fingerprint density at radius 2 is 1.90 bits per heavy atom. The molecular formula is C15H10Br2N2O. The minimum Gasteiger partial charge on any atom is -0.294 e. The van der Waals surface area contributed by atoms with E-state index >= 15 is 0 Å².